The fourth-order valence-corrected chi connectivity index (χ4v) is 3.89. The van der Waals surface area contributed by atoms with Crippen LogP contribution in [0, 0.1) is 0 Å². The van der Waals surface area contributed by atoms with Crippen LogP contribution < -0.4 is 10.5 Å². The minimum atomic E-state index is -3.28. The first-order valence-corrected chi connectivity index (χ1v) is 9.30. The van der Waals surface area contributed by atoms with E-state index in [1.54, 1.807) is 12.4 Å². The van der Waals surface area contributed by atoms with Crippen LogP contribution in [-0.4, -0.2) is 31.2 Å². The molecule has 21 heavy (non-hydrogen) atoms. The van der Waals surface area contributed by atoms with Crippen molar-refractivity contribution in [1.82, 2.24) is 9.71 Å². The number of hydrogen-bond acceptors (Lipinski definition) is 4. The van der Waals surface area contributed by atoms with Crippen molar-refractivity contribution in [3.8, 4) is 0 Å². The summed E-state index contributed by atoms with van der Waals surface area (Å²) in [4.78, 5) is 3.92. The van der Waals surface area contributed by atoms with Gasteiger partial charge in [0.25, 0.3) is 0 Å². The van der Waals surface area contributed by atoms with Crippen LogP contribution in [-0.2, 0) is 16.4 Å². The van der Waals surface area contributed by atoms with E-state index in [4.69, 9.17) is 5.73 Å². The highest BCUT2D eigenvalue weighted by atomic mass is 32.2. The van der Waals surface area contributed by atoms with Gasteiger partial charge in [0.05, 0.1) is 5.75 Å². The number of rotatable bonds is 6. The van der Waals surface area contributed by atoms with Crippen molar-refractivity contribution < 1.29 is 8.42 Å². The van der Waals surface area contributed by atoms with E-state index in [-0.39, 0.29) is 11.3 Å². The van der Waals surface area contributed by atoms with Gasteiger partial charge in [-0.25, -0.2) is 13.1 Å². The monoisotopic (exact) mass is 311 g/mol. The lowest BCUT2D eigenvalue weighted by Crippen LogP contribution is -2.50. The van der Waals surface area contributed by atoms with Crippen molar-refractivity contribution in [2.24, 2.45) is 5.73 Å². The fraction of sp³-hybridized carbons (Fsp3) is 0.667. The van der Waals surface area contributed by atoms with Gasteiger partial charge in [-0.1, -0.05) is 25.7 Å². The smallest absolute Gasteiger partial charge is 0.211 e. The molecule has 1 aliphatic carbocycles. The van der Waals surface area contributed by atoms with Crippen LogP contribution in [0.1, 0.15) is 44.1 Å². The molecule has 0 saturated heterocycles. The molecule has 0 atom stereocenters. The molecule has 0 bridgehead atoms. The Kier molecular flexibility index (Phi) is 5.72. The fourth-order valence-electron chi connectivity index (χ4n) is 2.74. The van der Waals surface area contributed by atoms with Crippen molar-refractivity contribution >= 4 is 10.0 Å². The second-order valence-corrected chi connectivity index (χ2v) is 7.95. The molecule has 1 aliphatic rings. The van der Waals surface area contributed by atoms with Crippen LogP contribution in [0.2, 0.25) is 0 Å². The molecule has 1 heterocycles. The van der Waals surface area contributed by atoms with Gasteiger partial charge in [-0.05, 0) is 37.0 Å². The molecule has 1 aromatic heterocycles. The Labute approximate surface area is 127 Å². The van der Waals surface area contributed by atoms with Gasteiger partial charge in [-0.2, -0.15) is 0 Å². The first-order chi connectivity index (χ1) is 9.99. The lowest BCUT2D eigenvalue weighted by Gasteiger charge is -2.28. The molecule has 3 N–H and O–H groups in total. The summed E-state index contributed by atoms with van der Waals surface area (Å²) in [5, 5.41) is 0. The van der Waals surface area contributed by atoms with Crippen molar-refractivity contribution in [1.29, 1.82) is 0 Å². The third-order valence-electron chi connectivity index (χ3n) is 4.15. The quantitative estimate of drug-likeness (QED) is 0.781. The standard InChI is InChI=1S/C15H25N3O2S/c16-15(8-3-1-2-4-9-15)13-18-21(19,20)12-7-14-5-10-17-11-6-14/h5-6,10-11,18H,1-4,7-9,12-13,16H2. The van der Waals surface area contributed by atoms with Crippen molar-refractivity contribution in [2.75, 3.05) is 12.3 Å². The van der Waals surface area contributed by atoms with E-state index in [1.165, 1.54) is 12.8 Å². The molecule has 0 radical (unpaired) electrons. The third-order valence-corrected chi connectivity index (χ3v) is 5.48. The molecule has 6 heteroatoms. The molecule has 1 saturated carbocycles. The molecule has 0 spiro atoms. The summed E-state index contributed by atoms with van der Waals surface area (Å²) in [7, 11) is -3.28. The molecule has 1 fully saturated rings. The zero-order valence-electron chi connectivity index (χ0n) is 12.4. The van der Waals surface area contributed by atoms with Gasteiger partial charge < -0.3 is 5.73 Å². The highest BCUT2D eigenvalue weighted by Gasteiger charge is 2.27. The van der Waals surface area contributed by atoms with Crippen LogP contribution in [0.25, 0.3) is 0 Å². The van der Waals surface area contributed by atoms with E-state index < -0.39 is 10.0 Å². The predicted octanol–water partition coefficient (Wildman–Crippen LogP) is 1.60. The van der Waals surface area contributed by atoms with E-state index in [1.807, 2.05) is 12.1 Å². The Morgan fingerprint density at radius 1 is 1.14 bits per heavy atom. The molecular formula is C15H25N3O2S. The highest BCUT2D eigenvalue weighted by Crippen LogP contribution is 2.24. The molecular weight excluding hydrogens is 286 g/mol. The lowest BCUT2D eigenvalue weighted by molar-refractivity contribution is 0.369. The minimum Gasteiger partial charge on any atom is -0.324 e. The number of aryl methyl sites for hydroxylation is 1. The van der Waals surface area contributed by atoms with E-state index >= 15 is 0 Å². The summed E-state index contributed by atoms with van der Waals surface area (Å²) in [5.41, 5.74) is 6.94. The number of nitrogens with two attached hydrogens (primary N) is 1. The largest absolute Gasteiger partial charge is 0.324 e. The Bertz CT molecular complexity index is 523. The Hall–Kier alpha value is -0.980. The summed E-state index contributed by atoms with van der Waals surface area (Å²) in [5.74, 6) is 0.0904. The first-order valence-electron chi connectivity index (χ1n) is 7.64. The second-order valence-electron chi connectivity index (χ2n) is 6.02. The zero-order chi connectivity index (χ0) is 15.2. The van der Waals surface area contributed by atoms with Crippen LogP contribution in [0.4, 0.5) is 0 Å². The topological polar surface area (TPSA) is 85.1 Å². The molecule has 2 rings (SSSR count). The van der Waals surface area contributed by atoms with Crippen LogP contribution in [0.5, 0.6) is 0 Å². The highest BCUT2D eigenvalue weighted by molar-refractivity contribution is 7.89. The third kappa shape index (κ3) is 5.73. The van der Waals surface area contributed by atoms with Gasteiger partial charge in [0, 0.05) is 24.5 Å². The summed E-state index contributed by atoms with van der Waals surface area (Å²) in [6.07, 6.45) is 10.2. The van der Waals surface area contributed by atoms with E-state index in [2.05, 4.69) is 9.71 Å². The van der Waals surface area contributed by atoms with E-state index in [0.717, 1.165) is 31.2 Å². The molecule has 0 unspecified atom stereocenters. The summed E-state index contributed by atoms with van der Waals surface area (Å²) in [6, 6.07) is 3.68. The van der Waals surface area contributed by atoms with Gasteiger partial charge >= 0.3 is 0 Å². The van der Waals surface area contributed by atoms with Crippen molar-refractivity contribution in [3.05, 3.63) is 30.1 Å². The normalized spacial score (nSPS) is 19.1. The van der Waals surface area contributed by atoms with Crippen LogP contribution in [0.3, 0.4) is 0 Å². The number of nitrogens with one attached hydrogen (secondary N) is 1. The number of aromatic nitrogens is 1. The Morgan fingerprint density at radius 2 is 1.76 bits per heavy atom. The molecule has 0 amide bonds. The van der Waals surface area contributed by atoms with Gasteiger partial charge in [-0.15, -0.1) is 0 Å². The Balaban J connectivity index is 1.83. The van der Waals surface area contributed by atoms with Crippen molar-refractivity contribution in [2.45, 2.75) is 50.5 Å². The maximum atomic E-state index is 12.1. The summed E-state index contributed by atoms with van der Waals surface area (Å²) >= 11 is 0. The second kappa shape index (κ2) is 7.33. The molecule has 118 valence electrons. The number of pyridine rings is 1. The van der Waals surface area contributed by atoms with Crippen molar-refractivity contribution in [3.63, 3.8) is 0 Å². The lowest BCUT2D eigenvalue weighted by atomic mass is 9.92. The predicted molar refractivity (Wildman–Crippen MR) is 84.4 cm³/mol. The molecule has 1 aromatic rings. The Morgan fingerprint density at radius 3 is 2.38 bits per heavy atom. The van der Waals surface area contributed by atoms with Gasteiger partial charge in [0.2, 0.25) is 10.0 Å². The number of nitrogens with zero attached hydrogens (tertiary/aromatic N) is 1. The van der Waals surface area contributed by atoms with E-state index in [9.17, 15) is 8.42 Å². The average molecular weight is 311 g/mol. The average Bonchev–Trinajstić information content (AvgIpc) is 2.70. The molecule has 5 nitrogen and oxygen atoms in total. The maximum Gasteiger partial charge on any atom is 0.211 e. The number of sulfonamides is 1. The van der Waals surface area contributed by atoms with Gasteiger partial charge in [0.15, 0.2) is 0 Å². The maximum absolute atomic E-state index is 12.1. The van der Waals surface area contributed by atoms with Gasteiger partial charge in [-0.3, -0.25) is 4.98 Å². The SMILES string of the molecule is NC1(CNS(=O)(=O)CCc2ccncc2)CCCCCC1. The molecule has 0 aromatic carbocycles. The minimum absolute atomic E-state index is 0.0904. The van der Waals surface area contributed by atoms with E-state index in [0.29, 0.717) is 13.0 Å². The molecule has 0 aliphatic heterocycles. The zero-order valence-corrected chi connectivity index (χ0v) is 13.2. The van der Waals surface area contributed by atoms with Gasteiger partial charge in [0.1, 0.15) is 0 Å². The summed E-state index contributed by atoms with van der Waals surface area (Å²) < 4.78 is 26.9. The summed E-state index contributed by atoms with van der Waals surface area (Å²) in [6.45, 7) is 0.353. The first kappa shape index (κ1) is 16.4. The van der Waals surface area contributed by atoms with Crippen LogP contribution >= 0.6 is 0 Å². The van der Waals surface area contributed by atoms with Crippen LogP contribution in [0.15, 0.2) is 24.5 Å². The number of hydrogen-bond donors (Lipinski definition) is 2.